The van der Waals surface area contributed by atoms with Crippen LogP contribution in [0.4, 0.5) is 5.82 Å². The number of rotatable bonds is 6. The normalized spacial score (nSPS) is 20.6. The highest BCUT2D eigenvalue weighted by Crippen LogP contribution is 2.35. The van der Waals surface area contributed by atoms with E-state index >= 15 is 0 Å². The Labute approximate surface area is 124 Å². The van der Waals surface area contributed by atoms with Gasteiger partial charge in [0.15, 0.2) is 0 Å². The second kappa shape index (κ2) is 6.54. The van der Waals surface area contributed by atoms with Crippen LogP contribution in [-0.4, -0.2) is 34.3 Å². The summed E-state index contributed by atoms with van der Waals surface area (Å²) in [5.74, 6) is 2.04. The Kier molecular flexibility index (Phi) is 4.31. The number of hydrogen-bond acceptors (Lipinski definition) is 5. The van der Waals surface area contributed by atoms with E-state index in [-0.39, 0.29) is 6.10 Å². The van der Waals surface area contributed by atoms with E-state index in [1.807, 2.05) is 36.4 Å². The zero-order valence-corrected chi connectivity index (χ0v) is 11.8. The van der Waals surface area contributed by atoms with Crippen molar-refractivity contribution in [1.29, 1.82) is 0 Å². The minimum Gasteiger partial charge on any atom is -0.492 e. The van der Waals surface area contributed by atoms with Gasteiger partial charge in [-0.2, -0.15) is 0 Å². The Morgan fingerprint density at radius 3 is 2.76 bits per heavy atom. The lowest BCUT2D eigenvalue weighted by atomic mass is 9.80. The molecule has 2 N–H and O–H groups in total. The Bertz CT molecular complexity index is 571. The molecule has 1 fully saturated rings. The molecule has 0 unspecified atom stereocenters. The van der Waals surface area contributed by atoms with Crippen molar-refractivity contribution < 1.29 is 9.84 Å². The van der Waals surface area contributed by atoms with Crippen LogP contribution in [0.15, 0.2) is 42.7 Å². The van der Waals surface area contributed by atoms with Gasteiger partial charge in [-0.3, -0.25) is 0 Å². The van der Waals surface area contributed by atoms with Crippen LogP contribution in [0.25, 0.3) is 0 Å². The second-order valence-electron chi connectivity index (χ2n) is 5.24. The minimum absolute atomic E-state index is 0.166. The summed E-state index contributed by atoms with van der Waals surface area (Å²) in [6, 6.07) is 11.7. The molecule has 0 radical (unpaired) electrons. The molecule has 5 nitrogen and oxygen atoms in total. The first kappa shape index (κ1) is 13.8. The molecule has 1 aliphatic rings. The highest BCUT2D eigenvalue weighted by molar-refractivity contribution is 5.36. The third-order valence-corrected chi connectivity index (χ3v) is 3.64. The van der Waals surface area contributed by atoms with Crippen molar-refractivity contribution >= 4 is 5.82 Å². The Morgan fingerprint density at radius 2 is 2.00 bits per heavy atom. The molecular formula is C16H19N3O2. The molecule has 1 heterocycles. The minimum atomic E-state index is -0.166. The molecule has 0 amide bonds. The maximum atomic E-state index is 9.35. The third-order valence-electron chi connectivity index (χ3n) is 3.64. The van der Waals surface area contributed by atoms with Crippen LogP contribution in [0.1, 0.15) is 24.5 Å². The lowest BCUT2D eigenvalue weighted by Gasteiger charge is -2.30. The monoisotopic (exact) mass is 285 g/mol. The van der Waals surface area contributed by atoms with Crippen molar-refractivity contribution in [2.24, 2.45) is 0 Å². The summed E-state index contributed by atoms with van der Waals surface area (Å²) >= 11 is 0. The molecule has 0 saturated heterocycles. The van der Waals surface area contributed by atoms with Crippen LogP contribution in [0.5, 0.6) is 5.75 Å². The fraction of sp³-hybridized carbons (Fsp3) is 0.375. The van der Waals surface area contributed by atoms with Crippen LogP contribution in [-0.2, 0) is 0 Å². The summed E-state index contributed by atoms with van der Waals surface area (Å²) in [6.45, 7) is 1.25. The van der Waals surface area contributed by atoms with Crippen LogP contribution >= 0.6 is 0 Å². The predicted molar refractivity (Wildman–Crippen MR) is 80.4 cm³/mol. The van der Waals surface area contributed by atoms with Gasteiger partial charge in [0.25, 0.3) is 0 Å². The summed E-state index contributed by atoms with van der Waals surface area (Å²) < 4.78 is 5.61. The summed E-state index contributed by atoms with van der Waals surface area (Å²) in [4.78, 5) is 8.48. The number of nitrogens with zero attached hydrogens (tertiary/aromatic N) is 2. The second-order valence-corrected chi connectivity index (χ2v) is 5.24. The molecule has 0 spiro atoms. The van der Waals surface area contributed by atoms with E-state index < -0.39 is 0 Å². The molecule has 5 heteroatoms. The molecule has 3 rings (SSSR count). The smallest absolute Gasteiger partial charge is 0.129 e. The molecule has 1 saturated carbocycles. The lowest BCUT2D eigenvalue weighted by Crippen LogP contribution is -2.27. The first-order chi connectivity index (χ1) is 10.3. The van der Waals surface area contributed by atoms with Crippen molar-refractivity contribution in [3.8, 4) is 5.75 Å². The number of para-hydroxylation sites is 1. The Morgan fingerprint density at radius 1 is 1.19 bits per heavy atom. The number of aliphatic hydroxyl groups excluding tert-OH is 1. The van der Waals surface area contributed by atoms with Gasteiger partial charge in [0.1, 0.15) is 24.5 Å². The third kappa shape index (κ3) is 3.70. The molecule has 1 aromatic carbocycles. The molecule has 21 heavy (non-hydrogen) atoms. The topological polar surface area (TPSA) is 67.3 Å². The van der Waals surface area contributed by atoms with Crippen molar-refractivity contribution in [2.75, 3.05) is 18.5 Å². The number of nitrogens with one attached hydrogen (secondary N) is 1. The standard InChI is InChI=1S/C16H19N3O2/c20-13-8-12(9-13)15-10-16(19-11-18-15)17-6-7-21-14-4-2-1-3-5-14/h1-5,10-13,20H,6-9H2,(H,17,18,19). The maximum absolute atomic E-state index is 9.35. The largest absolute Gasteiger partial charge is 0.492 e. The van der Waals surface area contributed by atoms with Gasteiger partial charge in [0.2, 0.25) is 0 Å². The number of aliphatic hydroxyl groups is 1. The molecule has 1 aromatic heterocycles. The average molecular weight is 285 g/mol. The van der Waals surface area contributed by atoms with E-state index in [1.54, 1.807) is 6.33 Å². The summed E-state index contributed by atoms with van der Waals surface area (Å²) in [5, 5.41) is 12.6. The predicted octanol–water partition coefficient (Wildman–Crippen LogP) is 2.21. The van der Waals surface area contributed by atoms with Crippen LogP contribution in [0.2, 0.25) is 0 Å². The van der Waals surface area contributed by atoms with Gasteiger partial charge in [0, 0.05) is 17.7 Å². The van der Waals surface area contributed by atoms with Gasteiger partial charge in [-0.1, -0.05) is 18.2 Å². The molecule has 0 atom stereocenters. The van der Waals surface area contributed by atoms with Crippen molar-refractivity contribution in [1.82, 2.24) is 9.97 Å². The van der Waals surface area contributed by atoms with E-state index in [1.165, 1.54) is 0 Å². The van der Waals surface area contributed by atoms with Crippen LogP contribution < -0.4 is 10.1 Å². The van der Waals surface area contributed by atoms with Gasteiger partial charge in [-0.15, -0.1) is 0 Å². The van der Waals surface area contributed by atoms with Crippen LogP contribution in [0, 0.1) is 0 Å². The van der Waals surface area contributed by atoms with E-state index in [0.29, 0.717) is 19.1 Å². The molecule has 110 valence electrons. The van der Waals surface area contributed by atoms with E-state index in [9.17, 15) is 5.11 Å². The molecular weight excluding hydrogens is 266 g/mol. The van der Waals surface area contributed by atoms with E-state index in [0.717, 1.165) is 30.1 Å². The first-order valence-electron chi connectivity index (χ1n) is 7.23. The lowest BCUT2D eigenvalue weighted by molar-refractivity contribution is 0.0732. The SMILES string of the molecule is OC1CC(c2cc(NCCOc3ccccc3)ncn2)C1. The van der Waals surface area contributed by atoms with Gasteiger partial charge in [-0.05, 0) is 25.0 Å². The molecule has 1 aliphatic carbocycles. The van der Waals surface area contributed by atoms with Crippen LogP contribution in [0.3, 0.4) is 0 Å². The fourth-order valence-corrected chi connectivity index (χ4v) is 2.39. The van der Waals surface area contributed by atoms with Crippen molar-refractivity contribution in [2.45, 2.75) is 24.9 Å². The zero-order chi connectivity index (χ0) is 14.5. The zero-order valence-electron chi connectivity index (χ0n) is 11.8. The van der Waals surface area contributed by atoms with Gasteiger partial charge in [0.05, 0.1) is 12.6 Å². The Hall–Kier alpha value is -2.14. The van der Waals surface area contributed by atoms with Gasteiger partial charge < -0.3 is 15.2 Å². The summed E-state index contributed by atoms with van der Waals surface area (Å²) in [5.41, 5.74) is 1.00. The van der Waals surface area contributed by atoms with Crippen molar-refractivity contribution in [3.63, 3.8) is 0 Å². The number of ether oxygens (including phenoxy) is 1. The summed E-state index contributed by atoms with van der Waals surface area (Å²) in [6.07, 6.45) is 3.00. The first-order valence-corrected chi connectivity index (χ1v) is 7.23. The van der Waals surface area contributed by atoms with Gasteiger partial charge in [-0.25, -0.2) is 9.97 Å². The maximum Gasteiger partial charge on any atom is 0.129 e. The molecule has 0 aliphatic heterocycles. The highest BCUT2D eigenvalue weighted by atomic mass is 16.5. The molecule has 0 bridgehead atoms. The van der Waals surface area contributed by atoms with E-state index in [2.05, 4.69) is 15.3 Å². The number of anilines is 1. The number of aromatic nitrogens is 2. The van der Waals surface area contributed by atoms with Crippen molar-refractivity contribution in [3.05, 3.63) is 48.4 Å². The summed E-state index contributed by atoms with van der Waals surface area (Å²) in [7, 11) is 0. The highest BCUT2D eigenvalue weighted by Gasteiger charge is 2.29. The van der Waals surface area contributed by atoms with Gasteiger partial charge >= 0.3 is 0 Å². The number of benzene rings is 1. The Balaban J connectivity index is 1.46. The number of hydrogen-bond donors (Lipinski definition) is 2. The quantitative estimate of drug-likeness (QED) is 0.796. The van der Waals surface area contributed by atoms with E-state index in [4.69, 9.17) is 4.74 Å². The molecule has 2 aromatic rings. The average Bonchev–Trinajstić information content (AvgIpc) is 2.50. The fourth-order valence-electron chi connectivity index (χ4n) is 2.39.